The van der Waals surface area contributed by atoms with E-state index in [4.69, 9.17) is 9.72 Å². The molecular formula is C23H29N3O3. The van der Waals surface area contributed by atoms with E-state index in [-0.39, 0.29) is 24.0 Å². The molecule has 2 N–H and O–H groups in total. The molecule has 0 bridgehead atoms. The third-order valence-electron chi connectivity index (χ3n) is 6.22. The van der Waals surface area contributed by atoms with Gasteiger partial charge in [-0.2, -0.15) is 0 Å². The van der Waals surface area contributed by atoms with Crippen molar-refractivity contribution in [3.63, 3.8) is 0 Å². The van der Waals surface area contributed by atoms with Gasteiger partial charge in [-0.15, -0.1) is 0 Å². The van der Waals surface area contributed by atoms with Gasteiger partial charge >= 0.3 is 0 Å². The van der Waals surface area contributed by atoms with E-state index in [0.29, 0.717) is 12.2 Å². The first kappa shape index (κ1) is 19.9. The highest BCUT2D eigenvalue weighted by molar-refractivity contribution is 5.78. The number of methoxy groups -OCH3 is 1. The number of benzene rings is 1. The molecule has 4 rings (SSSR count). The molecule has 2 fully saturated rings. The summed E-state index contributed by atoms with van der Waals surface area (Å²) < 4.78 is 5.32. The molecule has 1 amide bonds. The van der Waals surface area contributed by atoms with Crippen molar-refractivity contribution < 1.29 is 14.6 Å². The normalized spacial score (nSPS) is 24.7. The standard InChI is InChI=1S/C23H29N3O3/c1-16-5-3-6-20(24-16)19-13-26(15-23(19)10-4-7-22(28)25-23)12-17-8-9-21(29-2)18(11-17)14-27/h3,5-6,8-9,11,19,27H,4,7,10,12-15H2,1-2H3,(H,25,28)/t19-,23+/m0/s1. The molecule has 2 aliphatic heterocycles. The number of piperidine rings is 1. The van der Waals surface area contributed by atoms with Crippen molar-refractivity contribution in [1.29, 1.82) is 0 Å². The molecule has 6 heteroatoms. The number of nitrogens with zero attached hydrogens (tertiary/aromatic N) is 2. The van der Waals surface area contributed by atoms with E-state index >= 15 is 0 Å². The Bertz CT molecular complexity index is 901. The van der Waals surface area contributed by atoms with E-state index in [1.165, 1.54) is 0 Å². The maximum absolute atomic E-state index is 12.3. The number of aliphatic hydroxyl groups is 1. The molecular weight excluding hydrogens is 366 g/mol. The van der Waals surface area contributed by atoms with Gasteiger partial charge in [0.25, 0.3) is 0 Å². The van der Waals surface area contributed by atoms with Crippen LogP contribution in [-0.4, -0.2) is 46.6 Å². The van der Waals surface area contributed by atoms with E-state index in [9.17, 15) is 9.90 Å². The van der Waals surface area contributed by atoms with Gasteiger partial charge in [0.05, 0.1) is 19.3 Å². The predicted molar refractivity (Wildman–Crippen MR) is 111 cm³/mol. The summed E-state index contributed by atoms with van der Waals surface area (Å²) in [4.78, 5) is 19.5. The number of rotatable bonds is 5. The number of carbonyl (C=O) groups is 1. The van der Waals surface area contributed by atoms with Crippen molar-refractivity contribution in [2.45, 2.75) is 50.8 Å². The zero-order chi connectivity index (χ0) is 20.4. The van der Waals surface area contributed by atoms with Crippen LogP contribution >= 0.6 is 0 Å². The summed E-state index contributed by atoms with van der Waals surface area (Å²) in [6.07, 6.45) is 2.49. The Balaban J connectivity index is 1.61. The third-order valence-corrected chi connectivity index (χ3v) is 6.22. The van der Waals surface area contributed by atoms with Crippen LogP contribution in [0.15, 0.2) is 36.4 Å². The summed E-state index contributed by atoms with van der Waals surface area (Å²) in [6, 6.07) is 12.1. The smallest absolute Gasteiger partial charge is 0.220 e. The topological polar surface area (TPSA) is 74.7 Å². The van der Waals surface area contributed by atoms with Gasteiger partial charge in [-0.25, -0.2) is 0 Å². The van der Waals surface area contributed by atoms with E-state index < -0.39 is 0 Å². The Hall–Kier alpha value is -2.44. The molecule has 2 atom stereocenters. The zero-order valence-corrected chi connectivity index (χ0v) is 17.1. The lowest BCUT2D eigenvalue weighted by molar-refractivity contribution is -0.125. The summed E-state index contributed by atoms with van der Waals surface area (Å²) >= 11 is 0. The van der Waals surface area contributed by atoms with Crippen molar-refractivity contribution in [1.82, 2.24) is 15.2 Å². The molecule has 0 aliphatic carbocycles. The largest absolute Gasteiger partial charge is 0.496 e. The lowest BCUT2D eigenvalue weighted by atomic mass is 9.78. The minimum Gasteiger partial charge on any atom is -0.496 e. The monoisotopic (exact) mass is 395 g/mol. The minimum absolute atomic E-state index is 0.0488. The lowest BCUT2D eigenvalue weighted by Gasteiger charge is -2.39. The molecule has 3 heterocycles. The number of hydrogen-bond donors (Lipinski definition) is 2. The van der Waals surface area contributed by atoms with E-state index in [0.717, 1.165) is 55.0 Å². The number of hydrogen-bond acceptors (Lipinski definition) is 5. The fourth-order valence-corrected chi connectivity index (χ4v) is 4.92. The second-order valence-electron chi connectivity index (χ2n) is 8.29. The Morgan fingerprint density at radius 1 is 1.34 bits per heavy atom. The van der Waals surface area contributed by atoms with Crippen LogP contribution < -0.4 is 10.1 Å². The third kappa shape index (κ3) is 4.00. The summed E-state index contributed by atoms with van der Waals surface area (Å²) in [7, 11) is 1.61. The first-order valence-electron chi connectivity index (χ1n) is 10.3. The zero-order valence-electron chi connectivity index (χ0n) is 17.1. The number of amides is 1. The Morgan fingerprint density at radius 3 is 2.93 bits per heavy atom. The van der Waals surface area contributed by atoms with E-state index in [1.54, 1.807) is 7.11 Å². The fraction of sp³-hybridized carbons (Fsp3) is 0.478. The van der Waals surface area contributed by atoms with Gasteiger partial charge in [-0.05, 0) is 49.6 Å². The highest BCUT2D eigenvalue weighted by Gasteiger charge is 2.49. The van der Waals surface area contributed by atoms with Crippen molar-refractivity contribution in [2.24, 2.45) is 0 Å². The van der Waals surface area contributed by atoms with Crippen LogP contribution in [0.4, 0.5) is 0 Å². The number of aryl methyl sites for hydroxylation is 1. The molecule has 29 heavy (non-hydrogen) atoms. The average Bonchev–Trinajstić information content (AvgIpc) is 3.04. The highest BCUT2D eigenvalue weighted by atomic mass is 16.5. The quantitative estimate of drug-likeness (QED) is 0.814. The van der Waals surface area contributed by atoms with Crippen LogP contribution in [0.2, 0.25) is 0 Å². The van der Waals surface area contributed by atoms with Gasteiger partial charge < -0.3 is 15.2 Å². The van der Waals surface area contributed by atoms with Gasteiger partial charge in [-0.3, -0.25) is 14.7 Å². The molecule has 0 unspecified atom stereocenters. The van der Waals surface area contributed by atoms with Gasteiger partial charge in [0.15, 0.2) is 0 Å². The summed E-state index contributed by atoms with van der Waals surface area (Å²) in [5.41, 5.74) is 3.72. The van der Waals surface area contributed by atoms with Gasteiger partial charge in [0, 0.05) is 48.9 Å². The highest BCUT2D eigenvalue weighted by Crippen LogP contribution is 2.41. The Kier molecular flexibility index (Phi) is 5.56. The average molecular weight is 396 g/mol. The van der Waals surface area contributed by atoms with Crippen molar-refractivity contribution in [2.75, 3.05) is 20.2 Å². The van der Waals surface area contributed by atoms with Crippen LogP contribution in [0.5, 0.6) is 5.75 Å². The molecule has 1 spiro atoms. The van der Waals surface area contributed by atoms with Crippen LogP contribution in [0.3, 0.4) is 0 Å². The van der Waals surface area contributed by atoms with Gasteiger partial charge in [-0.1, -0.05) is 12.1 Å². The number of carbonyl (C=O) groups excluding carboxylic acids is 1. The van der Waals surface area contributed by atoms with Gasteiger partial charge in [0.2, 0.25) is 5.91 Å². The molecule has 1 aromatic heterocycles. The first-order valence-corrected chi connectivity index (χ1v) is 10.3. The molecule has 0 radical (unpaired) electrons. The van der Waals surface area contributed by atoms with Gasteiger partial charge in [0.1, 0.15) is 5.75 Å². The molecule has 2 aromatic rings. The number of ether oxygens (including phenoxy) is 1. The minimum atomic E-state index is -0.262. The number of aliphatic hydroxyl groups excluding tert-OH is 1. The Morgan fingerprint density at radius 2 is 2.21 bits per heavy atom. The van der Waals surface area contributed by atoms with Crippen LogP contribution in [-0.2, 0) is 17.9 Å². The van der Waals surface area contributed by atoms with Crippen molar-refractivity contribution >= 4 is 5.91 Å². The predicted octanol–water partition coefficient (Wildman–Crippen LogP) is 2.53. The number of pyridine rings is 1. The maximum Gasteiger partial charge on any atom is 0.220 e. The summed E-state index contributed by atoms with van der Waals surface area (Å²) in [6.45, 7) is 4.37. The van der Waals surface area contributed by atoms with Crippen molar-refractivity contribution in [3.05, 3.63) is 58.9 Å². The van der Waals surface area contributed by atoms with E-state index in [2.05, 4.69) is 22.3 Å². The first-order chi connectivity index (χ1) is 14.0. The van der Waals surface area contributed by atoms with E-state index in [1.807, 2.05) is 31.2 Å². The molecule has 1 aromatic carbocycles. The lowest BCUT2D eigenvalue weighted by Crippen LogP contribution is -2.56. The second kappa shape index (κ2) is 8.13. The molecule has 6 nitrogen and oxygen atoms in total. The molecule has 2 saturated heterocycles. The summed E-state index contributed by atoms with van der Waals surface area (Å²) in [5.74, 6) is 1.01. The SMILES string of the molecule is COc1ccc(CN2C[C@@H](c3cccc(C)n3)[C@@]3(CCCC(=O)N3)C2)cc1CO. The fourth-order valence-electron chi connectivity index (χ4n) is 4.92. The number of aromatic nitrogens is 1. The van der Waals surface area contributed by atoms with Crippen LogP contribution in [0.1, 0.15) is 47.7 Å². The number of likely N-dealkylation sites (tertiary alicyclic amines) is 1. The maximum atomic E-state index is 12.3. The molecule has 2 aliphatic rings. The van der Waals surface area contributed by atoms with Crippen LogP contribution in [0.25, 0.3) is 0 Å². The molecule has 0 saturated carbocycles. The second-order valence-corrected chi connectivity index (χ2v) is 8.29. The van der Waals surface area contributed by atoms with Crippen molar-refractivity contribution in [3.8, 4) is 5.75 Å². The summed E-state index contributed by atoms with van der Waals surface area (Å²) in [5, 5.41) is 13.0. The van der Waals surface area contributed by atoms with Crippen LogP contribution in [0, 0.1) is 6.92 Å². The molecule has 154 valence electrons. The Labute approximate surface area is 171 Å². The number of nitrogens with one attached hydrogen (secondary N) is 1.